The van der Waals surface area contributed by atoms with E-state index in [1.165, 1.54) is 10.5 Å². The van der Waals surface area contributed by atoms with Crippen molar-refractivity contribution in [2.24, 2.45) is 13.0 Å². The van der Waals surface area contributed by atoms with Gasteiger partial charge in [0.15, 0.2) is 0 Å². The molecule has 2 heterocycles. The number of hydrogen-bond donors (Lipinski definition) is 1. The van der Waals surface area contributed by atoms with Gasteiger partial charge in [-0.2, -0.15) is 9.40 Å². The molecule has 1 fully saturated rings. The van der Waals surface area contributed by atoms with Gasteiger partial charge in [-0.15, -0.1) is 5.10 Å². The number of carboxylic acid groups (broad SMARTS) is 1. The van der Waals surface area contributed by atoms with Crippen LogP contribution in [0.3, 0.4) is 0 Å². The van der Waals surface area contributed by atoms with E-state index >= 15 is 0 Å². The number of carbonyl (C=O) groups is 1. The minimum atomic E-state index is -3.71. The highest BCUT2D eigenvalue weighted by Crippen LogP contribution is 2.55. The zero-order valence-corrected chi connectivity index (χ0v) is 22.3. The molecule has 0 radical (unpaired) electrons. The van der Waals surface area contributed by atoms with Crippen LogP contribution in [-0.4, -0.2) is 55.1 Å². The molecule has 0 saturated heterocycles. The number of benzene rings is 2. The molecule has 0 amide bonds. The highest BCUT2D eigenvalue weighted by molar-refractivity contribution is 7.89. The van der Waals surface area contributed by atoms with E-state index in [0.717, 1.165) is 17.7 Å². The van der Waals surface area contributed by atoms with Crippen molar-refractivity contribution in [2.75, 3.05) is 6.54 Å². The Morgan fingerprint density at radius 3 is 2.55 bits per heavy atom. The van der Waals surface area contributed by atoms with Gasteiger partial charge in [0.1, 0.15) is 5.56 Å². The molecule has 2 aromatic heterocycles. The molecule has 11 heteroatoms. The predicted octanol–water partition coefficient (Wildman–Crippen LogP) is 3.82. The highest BCUT2D eigenvalue weighted by Gasteiger charge is 2.46. The van der Waals surface area contributed by atoms with Crippen LogP contribution in [0.2, 0.25) is 0 Å². The molecule has 5 rings (SSSR count). The monoisotopic (exact) mass is 534 g/mol. The number of aromatic carboxylic acids is 1. The van der Waals surface area contributed by atoms with Crippen LogP contribution in [0.15, 0.2) is 71.9 Å². The summed E-state index contributed by atoms with van der Waals surface area (Å²) in [6.07, 6.45) is 3.98. The van der Waals surface area contributed by atoms with Gasteiger partial charge in [0.2, 0.25) is 10.0 Å². The lowest BCUT2D eigenvalue weighted by atomic mass is 10.1. The van der Waals surface area contributed by atoms with E-state index in [2.05, 4.69) is 15.4 Å². The summed E-state index contributed by atoms with van der Waals surface area (Å²) in [6, 6.07) is 15.9. The molecule has 1 aliphatic rings. The Morgan fingerprint density at radius 2 is 1.89 bits per heavy atom. The molecule has 1 saturated carbocycles. The van der Waals surface area contributed by atoms with E-state index in [0.29, 0.717) is 17.9 Å². The third-order valence-electron chi connectivity index (χ3n) is 6.64. The summed E-state index contributed by atoms with van der Waals surface area (Å²) in [5.41, 5.74) is 3.05. The Morgan fingerprint density at radius 1 is 1.13 bits per heavy atom. The summed E-state index contributed by atoms with van der Waals surface area (Å²) in [5, 5.41) is 22.5. The maximum Gasteiger partial charge on any atom is 0.339 e. The second kappa shape index (κ2) is 10.1. The minimum absolute atomic E-state index is 0.0557. The molecular formula is C27H30N6O4S. The van der Waals surface area contributed by atoms with Crippen molar-refractivity contribution in [1.82, 2.24) is 29.1 Å². The number of aryl methyl sites for hydroxylation is 1. The SMILES string of the molecule is CC(C)CN(Cc1cccc(-n2ncc(C(=O)O)c2C2CC2c2cn(C)nn2)c1)S(=O)(=O)c1ccccc1. The second-order valence-electron chi connectivity index (χ2n) is 10.1. The number of nitrogens with zero attached hydrogens (tertiary/aromatic N) is 6. The summed E-state index contributed by atoms with van der Waals surface area (Å²) in [4.78, 5) is 12.3. The first-order chi connectivity index (χ1) is 18.1. The Bertz CT molecular complexity index is 1560. The molecule has 1 aliphatic carbocycles. The van der Waals surface area contributed by atoms with Crippen molar-refractivity contribution in [3.8, 4) is 5.69 Å². The first-order valence-corrected chi connectivity index (χ1v) is 13.9. The number of carboxylic acids is 1. The molecule has 2 aromatic carbocycles. The van der Waals surface area contributed by atoms with Gasteiger partial charge in [0.05, 0.1) is 28.2 Å². The molecule has 2 unspecified atom stereocenters. The van der Waals surface area contributed by atoms with Gasteiger partial charge in [0, 0.05) is 38.2 Å². The van der Waals surface area contributed by atoms with Crippen LogP contribution in [-0.2, 0) is 23.6 Å². The van der Waals surface area contributed by atoms with Crippen molar-refractivity contribution in [3.05, 3.63) is 89.5 Å². The lowest BCUT2D eigenvalue weighted by Crippen LogP contribution is -2.33. The summed E-state index contributed by atoms with van der Waals surface area (Å²) < 4.78 is 31.7. The molecule has 38 heavy (non-hydrogen) atoms. The van der Waals surface area contributed by atoms with Crippen LogP contribution in [0, 0.1) is 5.92 Å². The number of aromatic nitrogens is 5. The molecule has 2 atom stereocenters. The maximum absolute atomic E-state index is 13.5. The quantitative estimate of drug-likeness (QED) is 0.328. The van der Waals surface area contributed by atoms with Gasteiger partial charge in [0.25, 0.3) is 0 Å². The van der Waals surface area contributed by atoms with E-state index in [1.807, 2.05) is 44.3 Å². The summed E-state index contributed by atoms with van der Waals surface area (Å²) >= 11 is 0. The Kier molecular flexibility index (Phi) is 6.89. The minimum Gasteiger partial charge on any atom is -0.478 e. The summed E-state index contributed by atoms with van der Waals surface area (Å²) in [5.74, 6) is -0.900. The van der Waals surface area contributed by atoms with Crippen LogP contribution in [0.4, 0.5) is 0 Å². The van der Waals surface area contributed by atoms with Crippen molar-refractivity contribution < 1.29 is 18.3 Å². The van der Waals surface area contributed by atoms with E-state index < -0.39 is 16.0 Å². The third kappa shape index (κ3) is 5.11. The van der Waals surface area contributed by atoms with Crippen molar-refractivity contribution >= 4 is 16.0 Å². The van der Waals surface area contributed by atoms with E-state index in [4.69, 9.17) is 0 Å². The lowest BCUT2D eigenvalue weighted by Gasteiger charge is -2.24. The first-order valence-electron chi connectivity index (χ1n) is 12.5. The molecule has 10 nitrogen and oxygen atoms in total. The van der Waals surface area contributed by atoms with Gasteiger partial charge in [-0.25, -0.2) is 17.9 Å². The largest absolute Gasteiger partial charge is 0.478 e. The Balaban J connectivity index is 1.47. The smallest absolute Gasteiger partial charge is 0.339 e. The molecule has 0 bridgehead atoms. The number of hydrogen-bond acceptors (Lipinski definition) is 6. The Labute approximate surface area is 221 Å². The normalized spacial score (nSPS) is 17.3. The van der Waals surface area contributed by atoms with E-state index in [-0.39, 0.29) is 34.8 Å². The molecule has 0 spiro atoms. The second-order valence-corrected chi connectivity index (χ2v) is 12.0. The molecule has 1 N–H and O–H groups in total. The average Bonchev–Trinajstić information content (AvgIpc) is 3.33. The zero-order valence-electron chi connectivity index (χ0n) is 21.5. The van der Waals surface area contributed by atoms with Gasteiger partial charge in [-0.3, -0.25) is 4.68 Å². The van der Waals surface area contributed by atoms with E-state index in [1.54, 1.807) is 46.7 Å². The predicted molar refractivity (Wildman–Crippen MR) is 141 cm³/mol. The van der Waals surface area contributed by atoms with Crippen molar-refractivity contribution in [3.63, 3.8) is 0 Å². The van der Waals surface area contributed by atoms with Gasteiger partial charge in [-0.1, -0.05) is 49.4 Å². The zero-order chi connectivity index (χ0) is 27.0. The lowest BCUT2D eigenvalue weighted by molar-refractivity contribution is 0.0695. The molecular weight excluding hydrogens is 504 g/mol. The highest BCUT2D eigenvalue weighted by atomic mass is 32.2. The Hall–Kier alpha value is -3.83. The van der Waals surface area contributed by atoms with Crippen LogP contribution in [0.25, 0.3) is 5.69 Å². The number of sulfonamides is 1. The van der Waals surface area contributed by atoms with E-state index in [9.17, 15) is 18.3 Å². The van der Waals surface area contributed by atoms with Crippen molar-refractivity contribution in [1.29, 1.82) is 0 Å². The fourth-order valence-corrected chi connectivity index (χ4v) is 6.44. The van der Waals surface area contributed by atoms with Crippen LogP contribution >= 0.6 is 0 Å². The molecule has 4 aromatic rings. The first kappa shape index (κ1) is 25.8. The topological polar surface area (TPSA) is 123 Å². The average molecular weight is 535 g/mol. The number of rotatable bonds is 10. The molecule has 0 aliphatic heterocycles. The fourth-order valence-electron chi connectivity index (χ4n) is 4.83. The summed E-state index contributed by atoms with van der Waals surface area (Å²) in [6.45, 7) is 4.50. The standard InChI is InChI=1S/C27H30N6O4S/c1-18(2)15-32(38(36,37)21-10-5-4-6-11-21)16-19-8-7-9-20(12-19)33-26(24(14-28-33)27(34)35)23-13-22(23)25-17-31(3)30-29-25/h4-12,14,17-18,22-23H,13,15-16H2,1-3H3,(H,34,35). The summed E-state index contributed by atoms with van der Waals surface area (Å²) in [7, 11) is -1.91. The van der Waals surface area contributed by atoms with Crippen molar-refractivity contribution in [2.45, 2.75) is 43.5 Å². The molecule has 198 valence electrons. The van der Waals surface area contributed by atoms with Crippen LogP contribution < -0.4 is 0 Å². The third-order valence-corrected chi connectivity index (χ3v) is 8.47. The maximum atomic E-state index is 13.5. The van der Waals surface area contributed by atoms with Gasteiger partial charge >= 0.3 is 5.97 Å². The fraction of sp³-hybridized carbons (Fsp3) is 0.333. The van der Waals surface area contributed by atoms with Gasteiger partial charge in [-0.05, 0) is 42.2 Å². The van der Waals surface area contributed by atoms with Gasteiger partial charge < -0.3 is 5.11 Å². The van der Waals surface area contributed by atoms with Crippen LogP contribution in [0.1, 0.15) is 59.4 Å². The van der Waals surface area contributed by atoms with Crippen LogP contribution in [0.5, 0.6) is 0 Å².